The summed E-state index contributed by atoms with van der Waals surface area (Å²) in [5.74, 6) is 0.972. The summed E-state index contributed by atoms with van der Waals surface area (Å²) in [6.07, 6.45) is 7.37. The maximum absolute atomic E-state index is 4.57. The minimum Gasteiger partial charge on any atom is -0.363 e. The maximum atomic E-state index is 4.57. The van der Waals surface area contributed by atoms with Gasteiger partial charge in [0.1, 0.15) is 12.1 Å². The number of pyridine rings is 1. The molecule has 0 fully saturated rings. The Morgan fingerprint density at radius 2 is 1.89 bits per heavy atom. The predicted molar refractivity (Wildman–Crippen MR) is 107 cm³/mol. The van der Waals surface area contributed by atoms with Gasteiger partial charge in [-0.15, -0.1) is 0 Å². The van der Waals surface area contributed by atoms with E-state index >= 15 is 0 Å². The molecular formula is C22H25N5. The van der Waals surface area contributed by atoms with E-state index < -0.39 is 0 Å². The molecule has 0 radical (unpaired) electrons. The lowest BCUT2D eigenvalue weighted by atomic mass is 10.1. The molecule has 1 aliphatic rings. The smallest absolute Gasteiger partial charge is 0.133 e. The average Bonchev–Trinajstić information content (AvgIpc) is 2.93. The average molecular weight is 359 g/mol. The lowest BCUT2D eigenvalue weighted by Crippen LogP contribution is -2.26. The van der Waals surface area contributed by atoms with E-state index in [9.17, 15) is 0 Å². The first kappa shape index (κ1) is 17.6. The quantitative estimate of drug-likeness (QED) is 0.754. The molecule has 5 nitrogen and oxygen atoms in total. The molecule has 1 aliphatic heterocycles. The Morgan fingerprint density at radius 1 is 1.04 bits per heavy atom. The van der Waals surface area contributed by atoms with Crippen molar-refractivity contribution in [2.75, 3.05) is 18.4 Å². The molecule has 138 valence electrons. The molecule has 1 unspecified atom stereocenters. The van der Waals surface area contributed by atoms with Gasteiger partial charge in [-0.05, 0) is 30.5 Å². The van der Waals surface area contributed by atoms with E-state index in [4.69, 9.17) is 0 Å². The first-order valence-corrected chi connectivity index (χ1v) is 9.55. The van der Waals surface area contributed by atoms with Crippen LogP contribution in [0, 0.1) is 0 Å². The Bertz CT molecular complexity index is 866. The van der Waals surface area contributed by atoms with Gasteiger partial charge in [0, 0.05) is 50.1 Å². The minimum absolute atomic E-state index is 0.208. The fourth-order valence-electron chi connectivity index (χ4n) is 3.64. The van der Waals surface area contributed by atoms with E-state index in [1.54, 1.807) is 6.33 Å². The lowest BCUT2D eigenvalue weighted by molar-refractivity contribution is 0.278. The van der Waals surface area contributed by atoms with Crippen LogP contribution in [0.5, 0.6) is 0 Å². The van der Waals surface area contributed by atoms with Crippen molar-refractivity contribution in [2.24, 2.45) is 0 Å². The van der Waals surface area contributed by atoms with Crippen molar-refractivity contribution in [1.29, 1.82) is 0 Å². The predicted octanol–water partition coefficient (Wildman–Crippen LogP) is 3.65. The van der Waals surface area contributed by atoms with Crippen molar-refractivity contribution in [2.45, 2.75) is 32.4 Å². The molecule has 1 aromatic carbocycles. The number of hydrogen-bond acceptors (Lipinski definition) is 5. The number of nitrogens with one attached hydrogen (secondary N) is 1. The Kier molecular flexibility index (Phi) is 5.39. The molecule has 3 heterocycles. The van der Waals surface area contributed by atoms with Crippen LogP contribution in [0.4, 0.5) is 5.82 Å². The molecule has 5 heteroatoms. The zero-order valence-corrected chi connectivity index (χ0v) is 15.7. The van der Waals surface area contributed by atoms with E-state index in [2.05, 4.69) is 62.4 Å². The Morgan fingerprint density at radius 3 is 2.70 bits per heavy atom. The zero-order chi connectivity index (χ0) is 18.5. The molecule has 0 bridgehead atoms. The van der Waals surface area contributed by atoms with Crippen molar-refractivity contribution < 1.29 is 0 Å². The Hall–Kier alpha value is -2.79. The fourth-order valence-corrected chi connectivity index (χ4v) is 3.64. The summed E-state index contributed by atoms with van der Waals surface area (Å²) in [6, 6.07) is 14.8. The summed E-state index contributed by atoms with van der Waals surface area (Å²) < 4.78 is 0. The van der Waals surface area contributed by atoms with Crippen molar-refractivity contribution in [3.8, 4) is 0 Å². The second kappa shape index (κ2) is 8.27. The second-order valence-corrected chi connectivity index (χ2v) is 7.06. The maximum Gasteiger partial charge on any atom is 0.133 e. The molecule has 3 aromatic rings. The third kappa shape index (κ3) is 4.31. The van der Waals surface area contributed by atoms with E-state index in [0.717, 1.165) is 38.3 Å². The molecule has 0 saturated heterocycles. The molecule has 1 atom stereocenters. The fraction of sp³-hybridized carbons (Fsp3) is 0.318. The van der Waals surface area contributed by atoms with Crippen molar-refractivity contribution in [1.82, 2.24) is 19.9 Å². The van der Waals surface area contributed by atoms with Gasteiger partial charge < -0.3 is 5.32 Å². The van der Waals surface area contributed by atoms with E-state index in [-0.39, 0.29) is 6.04 Å². The van der Waals surface area contributed by atoms with Crippen LogP contribution in [-0.4, -0.2) is 32.9 Å². The van der Waals surface area contributed by atoms with Crippen molar-refractivity contribution in [3.63, 3.8) is 0 Å². The number of benzene rings is 1. The molecule has 2 aromatic heterocycles. The Balaban J connectivity index is 1.48. The highest BCUT2D eigenvalue weighted by atomic mass is 15.1. The van der Waals surface area contributed by atoms with Gasteiger partial charge in [-0.1, -0.05) is 36.4 Å². The first-order chi connectivity index (χ1) is 13.3. The number of aromatic nitrogens is 3. The summed E-state index contributed by atoms with van der Waals surface area (Å²) >= 11 is 0. The Labute approximate surface area is 160 Å². The zero-order valence-electron chi connectivity index (χ0n) is 15.7. The van der Waals surface area contributed by atoms with Gasteiger partial charge in [-0.25, -0.2) is 9.97 Å². The van der Waals surface area contributed by atoms with Crippen LogP contribution in [-0.2, 0) is 19.4 Å². The standard InChI is InChI=1S/C22H25N5/c1-17(19-7-3-2-4-8-19)26-22-20-9-12-27(13-10-21(20)24-16-25-22)15-18-6-5-11-23-14-18/h2-8,11,14,16-17H,9-10,12-13,15H2,1H3,(H,24,25,26). The molecular weight excluding hydrogens is 334 g/mol. The third-order valence-corrected chi connectivity index (χ3v) is 5.16. The molecule has 1 N–H and O–H groups in total. The number of hydrogen-bond donors (Lipinski definition) is 1. The van der Waals surface area contributed by atoms with Crippen LogP contribution in [0.25, 0.3) is 0 Å². The van der Waals surface area contributed by atoms with Crippen LogP contribution in [0.3, 0.4) is 0 Å². The number of anilines is 1. The summed E-state index contributed by atoms with van der Waals surface area (Å²) in [7, 11) is 0. The van der Waals surface area contributed by atoms with Gasteiger partial charge in [0.25, 0.3) is 0 Å². The van der Waals surface area contributed by atoms with Gasteiger partial charge in [-0.3, -0.25) is 9.88 Å². The molecule has 0 saturated carbocycles. The van der Waals surface area contributed by atoms with Crippen LogP contribution in [0.15, 0.2) is 61.2 Å². The summed E-state index contributed by atoms with van der Waals surface area (Å²) in [5, 5.41) is 3.60. The van der Waals surface area contributed by atoms with Crippen LogP contribution in [0.1, 0.15) is 35.3 Å². The number of rotatable bonds is 5. The summed E-state index contributed by atoms with van der Waals surface area (Å²) in [4.78, 5) is 15.8. The largest absolute Gasteiger partial charge is 0.363 e. The first-order valence-electron chi connectivity index (χ1n) is 9.55. The van der Waals surface area contributed by atoms with Gasteiger partial charge in [0.05, 0.1) is 5.69 Å². The third-order valence-electron chi connectivity index (χ3n) is 5.16. The number of fused-ring (bicyclic) bond motifs is 1. The van der Waals surface area contributed by atoms with Crippen molar-refractivity contribution in [3.05, 3.63) is 83.6 Å². The van der Waals surface area contributed by atoms with Crippen LogP contribution in [0.2, 0.25) is 0 Å². The highest BCUT2D eigenvalue weighted by molar-refractivity contribution is 5.48. The number of nitrogens with zero attached hydrogens (tertiary/aromatic N) is 4. The molecule has 0 spiro atoms. The minimum atomic E-state index is 0.208. The highest BCUT2D eigenvalue weighted by Crippen LogP contribution is 2.25. The molecule has 0 amide bonds. The second-order valence-electron chi connectivity index (χ2n) is 7.06. The molecule has 0 aliphatic carbocycles. The van der Waals surface area contributed by atoms with Gasteiger partial charge in [0.15, 0.2) is 0 Å². The van der Waals surface area contributed by atoms with Crippen LogP contribution >= 0.6 is 0 Å². The SMILES string of the molecule is CC(Nc1ncnc2c1CCN(Cc1cccnc1)CC2)c1ccccc1. The topological polar surface area (TPSA) is 53.9 Å². The lowest BCUT2D eigenvalue weighted by Gasteiger charge is -2.20. The van der Waals surface area contributed by atoms with Crippen molar-refractivity contribution >= 4 is 5.82 Å². The van der Waals surface area contributed by atoms with Gasteiger partial charge >= 0.3 is 0 Å². The molecule has 27 heavy (non-hydrogen) atoms. The van der Waals surface area contributed by atoms with Gasteiger partial charge in [0.2, 0.25) is 0 Å². The van der Waals surface area contributed by atoms with Crippen LogP contribution < -0.4 is 5.32 Å². The summed E-state index contributed by atoms with van der Waals surface area (Å²) in [6.45, 7) is 5.12. The van der Waals surface area contributed by atoms with E-state index in [0.29, 0.717) is 0 Å². The van der Waals surface area contributed by atoms with E-state index in [1.165, 1.54) is 22.4 Å². The normalized spacial score (nSPS) is 15.6. The summed E-state index contributed by atoms with van der Waals surface area (Å²) in [5.41, 5.74) is 4.94. The molecule has 4 rings (SSSR count). The monoisotopic (exact) mass is 359 g/mol. The van der Waals surface area contributed by atoms with E-state index in [1.807, 2.05) is 24.5 Å². The van der Waals surface area contributed by atoms with Gasteiger partial charge in [-0.2, -0.15) is 0 Å². The highest BCUT2D eigenvalue weighted by Gasteiger charge is 2.19.